The second-order valence-electron chi connectivity index (χ2n) is 6.02. The average Bonchev–Trinajstić information content (AvgIpc) is 2.70. The molecule has 0 bridgehead atoms. The van der Waals surface area contributed by atoms with Crippen LogP contribution in [0.25, 0.3) is 0 Å². The van der Waals surface area contributed by atoms with E-state index in [1.54, 1.807) is 23.5 Å². The zero-order chi connectivity index (χ0) is 20.9. The van der Waals surface area contributed by atoms with Crippen molar-refractivity contribution in [2.45, 2.75) is 29.1 Å². The van der Waals surface area contributed by atoms with Gasteiger partial charge in [0.25, 0.3) is 0 Å². The second kappa shape index (κ2) is 13.8. The number of amides is 2. The fourth-order valence-electron chi connectivity index (χ4n) is 2.41. The minimum Gasteiger partial charge on any atom is -0.325 e. The molecule has 0 fully saturated rings. The van der Waals surface area contributed by atoms with Crippen LogP contribution in [0.3, 0.4) is 0 Å². The van der Waals surface area contributed by atoms with Gasteiger partial charge in [0, 0.05) is 34.4 Å². The number of nitrogens with one attached hydrogen (secondary N) is 2. The Morgan fingerprint density at radius 2 is 1.14 bits per heavy atom. The molecule has 2 rings (SSSR count). The van der Waals surface area contributed by atoms with Crippen molar-refractivity contribution in [2.24, 2.45) is 0 Å². The minimum absolute atomic E-state index is 0.0728. The maximum atomic E-state index is 11.8. The highest BCUT2D eigenvalue weighted by molar-refractivity contribution is 8.00. The predicted molar refractivity (Wildman–Crippen MR) is 127 cm³/mol. The van der Waals surface area contributed by atoms with Crippen molar-refractivity contribution in [3.63, 3.8) is 0 Å². The summed E-state index contributed by atoms with van der Waals surface area (Å²) < 4.78 is 0. The zero-order valence-corrected chi connectivity index (χ0v) is 19.1. The molecule has 0 atom stereocenters. The monoisotopic (exact) mass is 470 g/mol. The number of para-hydroxylation sites is 2. The molecule has 0 radical (unpaired) electrons. The van der Waals surface area contributed by atoms with Gasteiger partial charge in [-0.3, -0.25) is 9.59 Å². The predicted octanol–water partition coefficient (Wildman–Crippen LogP) is 6.10. The van der Waals surface area contributed by atoms with Gasteiger partial charge in [-0.1, -0.05) is 24.3 Å². The summed E-state index contributed by atoms with van der Waals surface area (Å²) in [6.45, 7) is 0. The number of thioether (sulfide) groups is 2. The summed E-state index contributed by atoms with van der Waals surface area (Å²) >= 11 is 14.7. The van der Waals surface area contributed by atoms with Crippen LogP contribution in [-0.4, -0.2) is 35.1 Å². The summed E-state index contributed by atoms with van der Waals surface area (Å²) in [5.41, 5.74) is 1.65. The largest absolute Gasteiger partial charge is 0.325 e. The van der Waals surface area contributed by atoms with Crippen LogP contribution in [0.15, 0.2) is 58.3 Å². The molecule has 29 heavy (non-hydrogen) atoms. The Bertz CT molecular complexity index is 740. The summed E-state index contributed by atoms with van der Waals surface area (Å²) in [5.74, 6) is 2.33. The van der Waals surface area contributed by atoms with E-state index in [0.29, 0.717) is 24.6 Å². The van der Waals surface area contributed by atoms with Gasteiger partial charge >= 0.3 is 0 Å². The van der Waals surface area contributed by atoms with Gasteiger partial charge in [0.1, 0.15) is 0 Å². The normalized spacial score (nSPS) is 10.6. The van der Waals surface area contributed by atoms with Gasteiger partial charge in [0.15, 0.2) is 0 Å². The molecule has 0 aliphatic heterocycles. The fourth-order valence-corrected chi connectivity index (χ4v) is 4.85. The lowest BCUT2D eigenvalue weighted by Crippen LogP contribution is -2.12. The third kappa shape index (κ3) is 8.91. The molecule has 156 valence electrons. The molecule has 0 heterocycles. The van der Waals surface area contributed by atoms with Gasteiger partial charge in [0.05, 0.1) is 11.4 Å². The van der Waals surface area contributed by atoms with Crippen molar-refractivity contribution in [3.8, 4) is 0 Å². The summed E-state index contributed by atoms with van der Waals surface area (Å²) in [5, 5.41) is 5.83. The van der Waals surface area contributed by atoms with E-state index in [-0.39, 0.29) is 11.8 Å². The second-order valence-corrected chi connectivity index (χ2v) is 9.05. The van der Waals surface area contributed by atoms with Crippen molar-refractivity contribution in [1.29, 1.82) is 0 Å². The van der Waals surface area contributed by atoms with E-state index in [1.807, 2.05) is 48.5 Å². The summed E-state index contributed by atoms with van der Waals surface area (Å²) in [6.07, 6.45) is 1.60. The molecular formula is C21H24Cl2N2O2S2. The number of alkyl halides is 2. The Hall–Kier alpha value is -1.34. The molecule has 2 amide bonds. The Morgan fingerprint density at radius 3 is 1.55 bits per heavy atom. The SMILES string of the molecule is O=C(CCCl)Nc1ccccc1SCCCSc1ccccc1NC(=O)CCCl. The van der Waals surface area contributed by atoms with Crippen molar-refractivity contribution in [2.75, 3.05) is 33.9 Å². The summed E-state index contributed by atoms with van der Waals surface area (Å²) in [6, 6.07) is 15.6. The zero-order valence-electron chi connectivity index (χ0n) is 16.0. The lowest BCUT2D eigenvalue weighted by Gasteiger charge is -2.11. The molecule has 2 aromatic rings. The first-order valence-corrected chi connectivity index (χ1v) is 12.3. The van der Waals surface area contributed by atoms with Gasteiger partial charge in [-0.05, 0) is 42.2 Å². The van der Waals surface area contributed by atoms with E-state index in [2.05, 4.69) is 10.6 Å². The number of carbonyl (C=O) groups is 2. The van der Waals surface area contributed by atoms with Crippen molar-refractivity contribution >= 4 is 69.9 Å². The van der Waals surface area contributed by atoms with Crippen LogP contribution >= 0.6 is 46.7 Å². The molecule has 0 aliphatic rings. The average molecular weight is 471 g/mol. The lowest BCUT2D eigenvalue weighted by molar-refractivity contribution is -0.116. The maximum Gasteiger partial charge on any atom is 0.225 e. The van der Waals surface area contributed by atoms with Crippen molar-refractivity contribution < 1.29 is 9.59 Å². The summed E-state index contributed by atoms with van der Waals surface area (Å²) in [7, 11) is 0. The molecule has 0 unspecified atom stereocenters. The van der Waals surface area contributed by atoms with E-state index in [0.717, 1.165) is 39.1 Å². The molecule has 0 aromatic heterocycles. The number of anilines is 2. The number of hydrogen-bond donors (Lipinski definition) is 2. The summed E-state index contributed by atoms with van der Waals surface area (Å²) in [4.78, 5) is 25.7. The number of carbonyl (C=O) groups excluding carboxylic acids is 2. The fraction of sp³-hybridized carbons (Fsp3) is 0.333. The number of halogens is 2. The highest BCUT2D eigenvalue weighted by Crippen LogP contribution is 2.30. The van der Waals surface area contributed by atoms with E-state index in [1.165, 1.54) is 0 Å². The molecule has 0 saturated heterocycles. The maximum absolute atomic E-state index is 11.8. The molecule has 0 saturated carbocycles. The van der Waals surface area contributed by atoms with Crippen LogP contribution in [0.2, 0.25) is 0 Å². The quantitative estimate of drug-likeness (QED) is 0.223. The molecule has 2 aromatic carbocycles. The van der Waals surface area contributed by atoms with Crippen LogP contribution in [0.1, 0.15) is 19.3 Å². The van der Waals surface area contributed by atoms with E-state index < -0.39 is 0 Å². The van der Waals surface area contributed by atoms with Crippen molar-refractivity contribution in [3.05, 3.63) is 48.5 Å². The van der Waals surface area contributed by atoms with Crippen LogP contribution in [0.5, 0.6) is 0 Å². The van der Waals surface area contributed by atoms with Crippen LogP contribution in [0.4, 0.5) is 11.4 Å². The van der Waals surface area contributed by atoms with E-state index >= 15 is 0 Å². The molecule has 4 nitrogen and oxygen atoms in total. The lowest BCUT2D eigenvalue weighted by atomic mass is 10.3. The van der Waals surface area contributed by atoms with E-state index in [9.17, 15) is 9.59 Å². The third-order valence-corrected chi connectivity index (χ3v) is 6.47. The third-order valence-electron chi connectivity index (χ3n) is 3.77. The smallest absolute Gasteiger partial charge is 0.225 e. The van der Waals surface area contributed by atoms with Crippen LogP contribution < -0.4 is 10.6 Å². The first-order chi connectivity index (χ1) is 14.1. The van der Waals surface area contributed by atoms with Gasteiger partial charge in [-0.2, -0.15) is 0 Å². The van der Waals surface area contributed by atoms with Crippen LogP contribution in [-0.2, 0) is 9.59 Å². The molecule has 0 aliphatic carbocycles. The topological polar surface area (TPSA) is 58.2 Å². The Balaban J connectivity index is 1.81. The Kier molecular flexibility index (Phi) is 11.4. The molecule has 0 spiro atoms. The van der Waals surface area contributed by atoms with Crippen LogP contribution in [0, 0.1) is 0 Å². The first-order valence-electron chi connectivity index (χ1n) is 9.29. The highest BCUT2D eigenvalue weighted by atomic mass is 35.5. The van der Waals surface area contributed by atoms with Gasteiger partial charge in [-0.15, -0.1) is 46.7 Å². The van der Waals surface area contributed by atoms with E-state index in [4.69, 9.17) is 23.2 Å². The van der Waals surface area contributed by atoms with Crippen molar-refractivity contribution in [1.82, 2.24) is 0 Å². The molecular weight excluding hydrogens is 447 g/mol. The Morgan fingerprint density at radius 1 is 0.724 bits per heavy atom. The molecule has 8 heteroatoms. The number of rotatable bonds is 12. The number of benzene rings is 2. The van der Waals surface area contributed by atoms with Gasteiger partial charge in [-0.25, -0.2) is 0 Å². The molecule has 2 N–H and O–H groups in total. The first kappa shape index (κ1) is 23.9. The van der Waals surface area contributed by atoms with Gasteiger partial charge < -0.3 is 10.6 Å². The minimum atomic E-state index is -0.0728. The number of hydrogen-bond acceptors (Lipinski definition) is 4. The standard InChI is InChI=1S/C21H24Cl2N2O2S2/c22-12-10-20(26)24-16-6-1-3-8-18(16)28-14-5-15-29-19-9-4-2-7-17(19)25-21(27)11-13-23/h1-4,6-9H,5,10-15H2,(H,24,26)(H,25,27). The Labute approximate surface area is 190 Å². The highest BCUT2D eigenvalue weighted by Gasteiger charge is 2.08. The van der Waals surface area contributed by atoms with Gasteiger partial charge in [0.2, 0.25) is 11.8 Å².